The molecule has 0 aliphatic carbocycles. The molecule has 3 rings (SSSR count). The van der Waals surface area contributed by atoms with Crippen molar-refractivity contribution in [3.8, 4) is 0 Å². The van der Waals surface area contributed by atoms with Crippen LogP contribution >= 0.6 is 11.3 Å². The Morgan fingerprint density at radius 2 is 2.30 bits per heavy atom. The van der Waals surface area contributed by atoms with Crippen LogP contribution in [0.25, 0.3) is 10.2 Å². The fraction of sp³-hybridized carbons (Fsp3) is 0.462. The third-order valence-electron chi connectivity index (χ3n) is 3.63. The van der Waals surface area contributed by atoms with Crippen LogP contribution in [-0.2, 0) is 9.53 Å². The number of carboxylic acids is 1. The zero-order valence-electron chi connectivity index (χ0n) is 11.2. The molecule has 3 heterocycles. The van der Waals surface area contributed by atoms with Crippen molar-refractivity contribution in [1.82, 2.24) is 9.97 Å². The molecule has 0 spiro atoms. The van der Waals surface area contributed by atoms with Crippen molar-refractivity contribution >= 4 is 33.3 Å². The van der Waals surface area contributed by atoms with Crippen molar-refractivity contribution in [2.75, 3.05) is 25.2 Å². The van der Waals surface area contributed by atoms with Crippen LogP contribution in [0.3, 0.4) is 0 Å². The van der Waals surface area contributed by atoms with Gasteiger partial charge in [-0.15, -0.1) is 11.3 Å². The van der Waals surface area contributed by atoms with Gasteiger partial charge in [0.25, 0.3) is 0 Å². The van der Waals surface area contributed by atoms with Gasteiger partial charge in [0.05, 0.1) is 24.6 Å². The summed E-state index contributed by atoms with van der Waals surface area (Å²) < 4.78 is 5.33. The molecule has 2 aromatic heterocycles. The first-order valence-corrected chi connectivity index (χ1v) is 7.14. The maximum atomic E-state index is 11.3. The summed E-state index contributed by atoms with van der Waals surface area (Å²) in [4.78, 5) is 23.9. The van der Waals surface area contributed by atoms with Crippen LogP contribution in [0, 0.1) is 12.8 Å². The van der Waals surface area contributed by atoms with Crippen LogP contribution in [0.4, 0.5) is 5.82 Å². The lowest BCUT2D eigenvalue weighted by atomic mass is 10.0. The Morgan fingerprint density at radius 1 is 1.50 bits per heavy atom. The molecule has 0 amide bonds. The molecule has 1 aliphatic heterocycles. The molecule has 7 heteroatoms. The van der Waals surface area contributed by atoms with E-state index in [0.717, 1.165) is 20.9 Å². The van der Waals surface area contributed by atoms with E-state index in [4.69, 9.17) is 4.74 Å². The van der Waals surface area contributed by atoms with Gasteiger partial charge in [0.15, 0.2) is 0 Å². The van der Waals surface area contributed by atoms with Crippen LogP contribution in [0.1, 0.15) is 4.88 Å². The number of fused-ring (bicyclic) bond motifs is 1. The smallest absolute Gasteiger partial charge is 0.311 e. The highest BCUT2D eigenvalue weighted by atomic mass is 32.1. The van der Waals surface area contributed by atoms with Crippen molar-refractivity contribution in [3.63, 3.8) is 0 Å². The maximum absolute atomic E-state index is 11.3. The number of aromatic nitrogens is 2. The molecule has 2 atom stereocenters. The molecular weight excluding hydrogens is 278 g/mol. The molecule has 2 aromatic rings. The summed E-state index contributed by atoms with van der Waals surface area (Å²) in [6.45, 7) is 2.68. The Balaban J connectivity index is 2.00. The van der Waals surface area contributed by atoms with Crippen LogP contribution in [-0.4, -0.2) is 47.3 Å². The molecular formula is C13H15N3O3S. The monoisotopic (exact) mass is 293 g/mol. The van der Waals surface area contributed by atoms with Crippen molar-refractivity contribution in [2.45, 2.75) is 13.0 Å². The van der Waals surface area contributed by atoms with E-state index in [-0.39, 0.29) is 12.6 Å². The Hall–Kier alpha value is -1.73. The third kappa shape index (κ3) is 2.12. The highest BCUT2D eigenvalue weighted by Crippen LogP contribution is 2.32. The lowest BCUT2D eigenvalue weighted by molar-refractivity contribution is -0.141. The molecule has 2 unspecified atom stereocenters. The van der Waals surface area contributed by atoms with Crippen LogP contribution in [0.5, 0.6) is 0 Å². The van der Waals surface area contributed by atoms with Crippen molar-refractivity contribution < 1.29 is 14.6 Å². The number of anilines is 1. The third-order valence-corrected chi connectivity index (χ3v) is 4.59. The topological polar surface area (TPSA) is 75.5 Å². The van der Waals surface area contributed by atoms with Gasteiger partial charge in [-0.05, 0) is 13.0 Å². The number of aliphatic carboxylic acids is 1. The summed E-state index contributed by atoms with van der Waals surface area (Å²) >= 11 is 1.61. The van der Waals surface area contributed by atoms with E-state index < -0.39 is 11.9 Å². The molecule has 0 bridgehead atoms. The van der Waals surface area contributed by atoms with Crippen molar-refractivity contribution in [3.05, 3.63) is 17.3 Å². The number of hydrogen-bond acceptors (Lipinski definition) is 6. The second kappa shape index (κ2) is 4.99. The SMILES string of the molecule is Cc1cc2c(N(C)C3COCC3C(=O)O)ncnc2s1. The number of carbonyl (C=O) groups is 1. The predicted molar refractivity (Wildman–Crippen MR) is 76.3 cm³/mol. The van der Waals surface area contributed by atoms with E-state index in [1.54, 1.807) is 11.3 Å². The first kappa shape index (κ1) is 13.3. The zero-order chi connectivity index (χ0) is 14.3. The van der Waals surface area contributed by atoms with Crippen LogP contribution < -0.4 is 4.90 Å². The fourth-order valence-corrected chi connectivity index (χ4v) is 3.40. The van der Waals surface area contributed by atoms with Gasteiger partial charge in [0, 0.05) is 11.9 Å². The van der Waals surface area contributed by atoms with Gasteiger partial charge in [0.1, 0.15) is 22.9 Å². The highest BCUT2D eigenvalue weighted by molar-refractivity contribution is 7.18. The van der Waals surface area contributed by atoms with Gasteiger partial charge in [-0.1, -0.05) is 0 Å². The van der Waals surface area contributed by atoms with E-state index in [9.17, 15) is 9.90 Å². The van der Waals surface area contributed by atoms with Gasteiger partial charge in [0.2, 0.25) is 0 Å². The van der Waals surface area contributed by atoms with E-state index >= 15 is 0 Å². The largest absolute Gasteiger partial charge is 0.481 e. The average Bonchev–Trinajstić information content (AvgIpc) is 3.01. The molecule has 1 N–H and O–H groups in total. The van der Waals surface area contributed by atoms with Gasteiger partial charge >= 0.3 is 5.97 Å². The Morgan fingerprint density at radius 3 is 3.05 bits per heavy atom. The van der Waals surface area contributed by atoms with E-state index in [1.165, 1.54) is 6.33 Å². The standard InChI is InChI=1S/C13H15N3O3S/c1-7-3-8-11(14-6-15-12(8)20-7)16(2)10-5-19-4-9(10)13(17)18/h3,6,9-10H,4-5H2,1-2H3,(H,17,18). The second-order valence-corrected chi connectivity index (χ2v) is 6.17. The molecule has 20 heavy (non-hydrogen) atoms. The van der Waals surface area contributed by atoms with Gasteiger partial charge in [-0.3, -0.25) is 4.79 Å². The Kier molecular flexibility index (Phi) is 3.31. The minimum atomic E-state index is -0.828. The van der Waals surface area contributed by atoms with E-state index in [1.807, 2.05) is 24.9 Å². The number of ether oxygens (including phenoxy) is 1. The molecule has 106 valence electrons. The summed E-state index contributed by atoms with van der Waals surface area (Å²) in [7, 11) is 1.87. The first-order valence-electron chi connectivity index (χ1n) is 6.32. The predicted octanol–water partition coefficient (Wildman–Crippen LogP) is 1.54. The Labute approximate surface area is 120 Å². The van der Waals surface area contributed by atoms with Crippen molar-refractivity contribution in [2.24, 2.45) is 5.92 Å². The summed E-state index contributed by atoms with van der Waals surface area (Å²) in [6, 6.07) is 1.84. The number of rotatable bonds is 3. The summed E-state index contributed by atoms with van der Waals surface area (Å²) in [5.74, 6) is -0.586. The molecule has 0 aromatic carbocycles. The number of carboxylic acid groups (broad SMARTS) is 1. The quantitative estimate of drug-likeness (QED) is 0.925. The first-order chi connectivity index (χ1) is 9.58. The zero-order valence-corrected chi connectivity index (χ0v) is 12.1. The summed E-state index contributed by atoms with van der Waals surface area (Å²) in [5.41, 5.74) is 0. The number of thiophene rings is 1. The number of likely N-dealkylation sites (N-methyl/N-ethyl adjacent to an activating group) is 1. The maximum Gasteiger partial charge on any atom is 0.311 e. The lowest BCUT2D eigenvalue weighted by Gasteiger charge is -2.27. The fourth-order valence-electron chi connectivity index (χ4n) is 2.56. The number of nitrogens with zero attached hydrogens (tertiary/aromatic N) is 3. The second-order valence-electron chi connectivity index (χ2n) is 4.93. The molecule has 0 saturated carbocycles. The van der Waals surface area contributed by atoms with Crippen molar-refractivity contribution in [1.29, 1.82) is 0 Å². The van der Waals surface area contributed by atoms with Crippen LogP contribution in [0.2, 0.25) is 0 Å². The van der Waals surface area contributed by atoms with E-state index in [2.05, 4.69) is 9.97 Å². The summed E-state index contributed by atoms with van der Waals surface area (Å²) in [6.07, 6.45) is 1.52. The Bertz CT molecular complexity index is 657. The minimum Gasteiger partial charge on any atom is -0.481 e. The molecule has 0 radical (unpaired) electrons. The molecule has 1 aliphatic rings. The molecule has 1 fully saturated rings. The molecule has 6 nitrogen and oxygen atoms in total. The molecule has 1 saturated heterocycles. The van der Waals surface area contributed by atoms with Crippen LogP contribution in [0.15, 0.2) is 12.4 Å². The number of hydrogen-bond donors (Lipinski definition) is 1. The highest BCUT2D eigenvalue weighted by Gasteiger charge is 2.37. The van der Waals surface area contributed by atoms with E-state index in [0.29, 0.717) is 6.61 Å². The van der Waals surface area contributed by atoms with Gasteiger partial charge in [-0.2, -0.15) is 0 Å². The minimum absolute atomic E-state index is 0.203. The summed E-state index contributed by atoms with van der Waals surface area (Å²) in [5, 5.41) is 10.2. The number of aryl methyl sites for hydroxylation is 1. The van der Waals surface area contributed by atoms with Gasteiger partial charge < -0.3 is 14.7 Å². The van der Waals surface area contributed by atoms with Gasteiger partial charge in [-0.25, -0.2) is 9.97 Å². The normalized spacial score (nSPS) is 22.3. The lowest BCUT2D eigenvalue weighted by Crippen LogP contribution is -2.41. The average molecular weight is 293 g/mol.